The van der Waals surface area contributed by atoms with Crippen molar-refractivity contribution in [2.24, 2.45) is 0 Å². The molecule has 2 aromatic heterocycles. The third-order valence-electron chi connectivity index (χ3n) is 1.30. The summed E-state index contributed by atoms with van der Waals surface area (Å²) < 4.78 is 1.67. The highest BCUT2D eigenvalue weighted by atomic mass is 79.9. The summed E-state index contributed by atoms with van der Waals surface area (Å²) in [6, 6.07) is 2.95. The van der Waals surface area contributed by atoms with Gasteiger partial charge in [-0.15, -0.1) is 17.0 Å². The first-order valence-electron chi connectivity index (χ1n) is 2.88. The number of nitrogens with zero attached hydrogens (tertiary/aromatic N) is 2. The van der Waals surface area contributed by atoms with Crippen molar-refractivity contribution in [1.29, 1.82) is 0 Å². The average Bonchev–Trinajstić information content (AvgIpc) is 2.33. The molecule has 5 heteroatoms. The molecule has 0 aliphatic heterocycles. The SMILES string of the molecule is Br.O=c1ccn2[nH]cnc2c1. The van der Waals surface area contributed by atoms with E-state index in [0.29, 0.717) is 5.65 Å². The fraction of sp³-hybridized carbons (Fsp3) is 0. The van der Waals surface area contributed by atoms with Crippen LogP contribution in [0.4, 0.5) is 0 Å². The number of halogens is 1. The molecule has 0 amide bonds. The van der Waals surface area contributed by atoms with E-state index in [1.165, 1.54) is 18.5 Å². The van der Waals surface area contributed by atoms with Gasteiger partial charge in [0.1, 0.15) is 6.33 Å². The number of aromatic amines is 1. The highest BCUT2D eigenvalue weighted by Crippen LogP contribution is 1.89. The summed E-state index contributed by atoms with van der Waals surface area (Å²) in [4.78, 5) is 14.6. The third kappa shape index (κ3) is 1.32. The standard InChI is InChI=1S/C6H5N3O.BrH/c10-5-1-2-9-6(3-5)7-4-8-9;/h1-4H,(H,7,8);1H. The van der Waals surface area contributed by atoms with E-state index < -0.39 is 0 Å². The Morgan fingerprint density at radius 2 is 2.36 bits per heavy atom. The Kier molecular flexibility index (Phi) is 2.09. The topological polar surface area (TPSA) is 50.2 Å². The molecule has 0 radical (unpaired) electrons. The lowest BCUT2D eigenvalue weighted by molar-refractivity contribution is 0.958. The van der Waals surface area contributed by atoms with Gasteiger partial charge in [0.15, 0.2) is 11.1 Å². The van der Waals surface area contributed by atoms with Crippen LogP contribution in [0.1, 0.15) is 0 Å². The molecule has 0 aromatic carbocycles. The lowest BCUT2D eigenvalue weighted by Crippen LogP contribution is -1.98. The van der Waals surface area contributed by atoms with Crippen LogP contribution in [0.15, 0.2) is 29.5 Å². The van der Waals surface area contributed by atoms with Crippen LogP contribution < -0.4 is 5.43 Å². The maximum absolute atomic E-state index is 10.7. The highest BCUT2D eigenvalue weighted by molar-refractivity contribution is 8.93. The molecule has 0 fully saturated rings. The summed E-state index contributed by atoms with van der Waals surface area (Å²) in [5, 5.41) is 2.81. The van der Waals surface area contributed by atoms with Crippen molar-refractivity contribution < 1.29 is 0 Å². The highest BCUT2D eigenvalue weighted by Gasteiger charge is 1.90. The van der Waals surface area contributed by atoms with Crippen LogP contribution in [-0.4, -0.2) is 14.6 Å². The summed E-state index contributed by atoms with van der Waals surface area (Å²) in [5.41, 5.74) is 0.625. The van der Waals surface area contributed by atoms with Gasteiger partial charge >= 0.3 is 0 Å². The van der Waals surface area contributed by atoms with Gasteiger partial charge in [-0.25, -0.2) is 9.50 Å². The molecule has 2 heterocycles. The maximum Gasteiger partial charge on any atom is 0.183 e. The minimum atomic E-state index is -0.0212. The van der Waals surface area contributed by atoms with Gasteiger partial charge in [0.2, 0.25) is 0 Å². The smallest absolute Gasteiger partial charge is 0.183 e. The number of pyridine rings is 1. The lowest BCUT2D eigenvalue weighted by atomic mass is 10.5. The summed E-state index contributed by atoms with van der Waals surface area (Å²) in [5.74, 6) is 0. The predicted octanol–water partition coefficient (Wildman–Crippen LogP) is 0.600. The van der Waals surface area contributed by atoms with Crippen LogP contribution in [0, 0.1) is 0 Å². The molecule has 0 spiro atoms. The molecular formula is C6H6BrN3O. The number of H-pyrrole nitrogens is 1. The number of nitrogens with one attached hydrogen (secondary N) is 1. The zero-order valence-electron chi connectivity index (χ0n) is 5.52. The minimum absolute atomic E-state index is 0. The molecule has 0 atom stereocenters. The molecule has 0 saturated carbocycles. The van der Waals surface area contributed by atoms with Crippen molar-refractivity contribution in [3.63, 3.8) is 0 Å². The maximum atomic E-state index is 10.7. The first-order valence-corrected chi connectivity index (χ1v) is 2.88. The van der Waals surface area contributed by atoms with Gasteiger partial charge in [-0.2, -0.15) is 0 Å². The van der Waals surface area contributed by atoms with E-state index in [2.05, 4.69) is 10.1 Å². The summed E-state index contributed by atoms with van der Waals surface area (Å²) in [6.45, 7) is 0. The Labute approximate surface area is 72.6 Å². The monoisotopic (exact) mass is 215 g/mol. The van der Waals surface area contributed by atoms with E-state index in [0.717, 1.165) is 0 Å². The zero-order chi connectivity index (χ0) is 6.97. The Morgan fingerprint density at radius 3 is 3.18 bits per heavy atom. The third-order valence-corrected chi connectivity index (χ3v) is 1.30. The van der Waals surface area contributed by atoms with Crippen LogP contribution in [0.25, 0.3) is 5.65 Å². The molecule has 0 aliphatic rings. The van der Waals surface area contributed by atoms with Crippen LogP contribution in [0.5, 0.6) is 0 Å². The van der Waals surface area contributed by atoms with Crippen molar-refractivity contribution >= 4 is 22.6 Å². The van der Waals surface area contributed by atoms with Crippen molar-refractivity contribution in [2.45, 2.75) is 0 Å². The van der Waals surface area contributed by atoms with Gasteiger partial charge in [0.25, 0.3) is 0 Å². The number of fused-ring (bicyclic) bond motifs is 1. The molecule has 11 heavy (non-hydrogen) atoms. The summed E-state index contributed by atoms with van der Waals surface area (Å²) in [7, 11) is 0. The van der Waals surface area contributed by atoms with E-state index in [9.17, 15) is 4.79 Å². The fourth-order valence-corrected chi connectivity index (χ4v) is 0.835. The largest absolute Gasteiger partial charge is 0.290 e. The van der Waals surface area contributed by atoms with Crippen molar-refractivity contribution in [1.82, 2.24) is 14.6 Å². The second kappa shape index (κ2) is 2.87. The van der Waals surface area contributed by atoms with E-state index in [4.69, 9.17) is 0 Å². The van der Waals surface area contributed by atoms with Gasteiger partial charge in [0, 0.05) is 18.3 Å². The summed E-state index contributed by atoms with van der Waals surface area (Å²) >= 11 is 0. The molecule has 0 bridgehead atoms. The molecule has 2 aromatic rings. The number of aromatic nitrogens is 3. The second-order valence-electron chi connectivity index (χ2n) is 1.98. The molecule has 1 N–H and O–H groups in total. The first-order chi connectivity index (χ1) is 4.86. The molecular weight excluding hydrogens is 210 g/mol. The number of hydrogen-bond acceptors (Lipinski definition) is 2. The van der Waals surface area contributed by atoms with Gasteiger partial charge in [-0.1, -0.05) is 0 Å². The van der Waals surface area contributed by atoms with Gasteiger partial charge in [0.05, 0.1) is 0 Å². The first kappa shape index (κ1) is 8.00. The van der Waals surface area contributed by atoms with Gasteiger partial charge < -0.3 is 0 Å². The average molecular weight is 216 g/mol. The second-order valence-corrected chi connectivity index (χ2v) is 1.98. The number of rotatable bonds is 0. The van der Waals surface area contributed by atoms with E-state index in [1.54, 1.807) is 10.7 Å². The lowest BCUT2D eigenvalue weighted by Gasteiger charge is -1.86. The Balaban J connectivity index is 0.000000605. The van der Waals surface area contributed by atoms with Crippen LogP contribution in [-0.2, 0) is 0 Å². The van der Waals surface area contributed by atoms with Crippen LogP contribution in [0.3, 0.4) is 0 Å². The van der Waals surface area contributed by atoms with Crippen LogP contribution >= 0.6 is 17.0 Å². The fourth-order valence-electron chi connectivity index (χ4n) is 0.835. The van der Waals surface area contributed by atoms with E-state index in [1.807, 2.05) is 0 Å². The minimum Gasteiger partial charge on any atom is -0.290 e. The Hall–Kier alpha value is -1.10. The van der Waals surface area contributed by atoms with Crippen molar-refractivity contribution in [3.05, 3.63) is 34.9 Å². The summed E-state index contributed by atoms with van der Waals surface area (Å²) in [6.07, 6.45) is 3.18. The van der Waals surface area contributed by atoms with E-state index >= 15 is 0 Å². The Bertz CT molecular complexity index is 405. The van der Waals surface area contributed by atoms with Crippen molar-refractivity contribution in [2.75, 3.05) is 0 Å². The quantitative estimate of drug-likeness (QED) is 0.700. The van der Waals surface area contributed by atoms with Gasteiger partial charge in [-0.3, -0.25) is 9.89 Å². The van der Waals surface area contributed by atoms with Crippen molar-refractivity contribution in [3.8, 4) is 0 Å². The molecule has 0 aliphatic carbocycles. The molecule has 58 valence electrons. The molecule has 2 rings (SSSR count). The van der Waals surface area contributed by atoms with Gasteiger partial charge in [-0.05, 0) is 0 Å². The normalized spacial score (nSPS) is 9.45. The van der Waals surface area contributed by atoms with Crippen LogP contribution in [0.2, 0.25) is 0 Å². The number of hydrogen-bond donors (Lipinski definition) is 1. The molecule has 0 saturated heterocycles. The molecule has 0 unspecified atom stereocenters. The zero-order valence-corrected chi connectivity index (χ0v) is 7.23. The van der Waals surface area contributed by atoms with E-state index in [-0.39, 0.29) is 22.4 Å². The predicted molar refractivity (Wildman–Crippen MR) is 46.1 cm³/mol. The Morgan fingerprint density at radius 1 is 1.55 bits per heavy atom. The molecule has 4 nitrogen and oxygen atoms in total.